The lowest BCUT2D eigenvalue weighted by atomic mass is 10.1. The Balaban J connectivity index is 2.28. The molecule has 10 heavy (non-hydrogen) atoms. The largest absolute Gasteiger partial charge is 0.317 e. The quantitative estimate of drug-likeness (QED) is 0.579. The highest BCUT2D eigenvalue weighted by Crippen LogP contribution is 2.09. The predicted octanol–water partition coefficient (Wildman–Crippen LogP) is 0.690. The van der Waals surface area contributed by atoms with Crippen LogP contribution in [0.1, 0.15) is 19.3 Å². The van der Waals surface area contributed by atoms with E-state index in [1.165, 1.54) is 32.4 Å². The van der Waals surface area contributed by atoms with Crippen molar-refractivity contribution in [1.29, 1.82) is 0 Å². The molecule has 1 saturated heterocycles. The molecule has 0 unspecified atom stereocenters. The molecule has 1 rings (SSSR count). The summed E-state index contributed by atoms with van der Waals surface area (Å²) in [7, 11) is 4.35. The summed E-state index contributed by atoms with van der Waals surface area (Å²) in [5, 5.41) is 3.41. The molecule has 0 aromatic heterocycles. The van der Waals surface area contributed by atoms with E-state index in [-0.39, 0.29) is 0 Å². The molecule has 0 bridgehead atoms. The lowest BCUT2D eigenvalue weighted by Gasteiger charge is -2.21. The van der Waals surface area contributed by atoms with Crippen LogP contribution in [0.25, 0.3) is 0 Å². The van der Waals surface area contributed by atoms with Gasteiger partial charge in [-0.2, -0.15) is 0 Å². The minimum absolute atomic E-state index is 0.815. The van der Waals surface area contributed by atoms with Gasteiger partial charge in [-0.05, 0) is 46.4 Å². The van der Waals surface area contributed by atoms with Crippen molar-refractivity contribution >= 4 is 0 Å². The fraction of sp³-hybridized carbons (Fsp3) is 1.00. The third-order valence-corrected chi connectivity index (χ3v) is 2.28. The van der Waals surface area contributed by atoms with E-state index < -0.39 is 0 Å². The third-order valence-electron chi connectivity index (χ3n) is 2.28. The first-order valence-electron chi connectivity index (χ1n) is 4.18. The van der Waals surface area contributed by atoms with Gasteiger partial charge >= 0.3 is 0 Å². The van der Waals surface area contributed by atoms with E-state index in [1.807, 2.05) is 0 Å². The van der Waals surface area contributed by atoms with Crippen molar-refractivity contribution in [3.8, 4) is 0 Å². The maximum Gasteiger partial charge on any atom is 0.0102 e. The van der Waals surface area contributed by atoms with Crippen molar-refractivity contribution in [2.24, 2.45) is 0 Å². The molecule has 0 radical (unpaired) electrons. The SMILES string of the molecule is CN(C)[C@H]1CCCNCC1. The Morgan fingerprint density at radius 1 is 1.20 bits per heavy atom. The molecule has 1 heterocycles. The fourth-order valence-electron chi connectivity index (χ4n) is 1.52. The van der Waals surface area contributed by atoms with Crippen LogP contribution in [0.2, 0.25) is 0 Å². The second kappa shape index (κ2) is 3.94. The Bertz CT molecular complexity index is 83.3. The van der Waals surface area contributed by atoms with E-state index >= 15 is 0 Å². The lowest BCUT2D eigenvalue weighted by molar-refractivity contribution is 0.272. The van der Waals surface area contributed by atoms with Gasteiger partial charge in [0.1, 0.15) is 0 Å². The minimum atomic E-state index is 0.815. The normalized spacial score (nSPS) is 28.5. The highest BCUT2D eigenvalue weighted by Gasteiger charge is 2.12. The Labute approximate surface area is 63.6 Å². The van der Waals surface area contributed by atoms with Gasteiger partial charge in [0.2, 0.25) is 0 Å². The number of hydrogen-bond acceptors (Lipinski definition) is 2. The van der Waals surface area contributed by atoms with Crippen LogP contribution in [-0.2, 0) is 0 Å². The fourth-order valence-corrected chi connectivity index (χ4v) is 1.52. The van der Waals surface area contributed by atoms with E-state index in [0.717, 1.165) is 6.04 Å². The molecule has 0 aliphatic carbocycles. The number of rotatable bonds is 1. The Kier molecular flexibility index (Phi) is 3.16. The van der Waals surface area contributed by atoms with Gasteiger partial charge in [-0.1, -0.05) is 0 Å². The maximum absolute atomic E-state index is 3.41. The second-order valence-corrected chi connectivity index (χ2v) is 3.30. The molecule has 2 nitrogen and oxygen atoms in total. The first-order chi connectivity index (χ1) is 4.80. The highest BCUT2D eigenvalue weighted by atomic mass is 15.1. The molecule has 2 heteroatoms. The van der Waals surface area contributed by atoms with Crippen LogP contribution in [0.4, 0.5) is 0 Å². The van der Waals surface area contributed by atoms with Crippen molar-refractivity contribution in [3.05, 3.63) is 0 Å². The minimum Gasteiger partial charge on any atom is -0.317 e. The number of nitrogens with zero attached hydrogens (tertiary/aromatic N) is 1. The van der Waals surface area contributed by atoms with E-state index in [0.29, 0.717) is 0 Å². The van der Waals surface area contributed by atoms with Crippen molar-refractivity contribution in [3.63, 3.8) is 0 Å². The van der Waals surface area contributed by atoms with E-state index in [9.17, 15) is 0 Å². The molecule has 0 aromatic carbocycles. The Morgan fingerprint density at radius 3 is 2.70 bits per heavy atom. The van der Waals surface area contributed by atoms with Crippen molar-refractivity contribution in [2.45, 2.75) is 25.3 Å². The summed E-state index contributed by atoms with van der Waals surface area (Å²) in [6.45, 7) is 2.41. The van der Waals surface area contributed by atoms with E-state index in [2.05, 4.69) is 24.3 Å². The first-order valence-corrected chi connectivity index (χ1v) is 4.18. The molecular weight excluding hydrogens is 124 g/mol. The number of hydrogen-bond donors (Lipinski definition) is 1. The zero-order valence-corrected chi connectivity index (χ0v) is 7.06. The molecule has 1 aliphatic heterocycles. The van der Waals surface area contributed by atoms with E-state index in [1.54, 1.807) is 0 Å². The topological polar surface area (TPSA) is 15.3 Å². The summed E-state index contributed by atoms with van der Waals surface area (Å²) in [6.07, 6.45) is 4.01. The zero-order chi connectivity index (χ0) is 7.40. The molecule has 0 aromatic rings. The first kappa shape index (κ1) is 8.02. The highest BCUT2D eigenvalue weighted by molar-refractivity contribution is 4.71. The van der Waals surface area contributed by atoms with Crippen molar-refractivity contribution in [1.82, 2.24) is 10.2 Å². The Hall–Kier alpha value is -0.0800. The summed E-state index contributed by atoms with van der Waals surface area (Å²) in [4.78, 5) is 2.34. The molecule has 0 spiro atoms. The summed E-state index contributed by atoms with van der Waals surface area (Å²) in [5.74, 6) is 0. The van der Waals surface area contributed by atoms with E-state index in [4.69, 9.17) is 0 Å². The summed E-state index contributed by atoms with van der Waals surface area (Å²) in [5.41, 5.74) is 0. The molecule has 0 amide bonds. The van der Waals surface area contributed by atoms with Crippen LogP contribution in [-0.4, -0.2) is 38.1 Å². The molecule has 60 valence electrons. The summed E-state index contributed by atoms with van der Waals surface area (Å²) >= 11 is 0. The molecular formula is C8H18N2. The Morgan fingerprint density at radius 2 is 2.00 bits per heavy atom. The lowest BCUT2D eigenvalue weighted by Crippen LogP contribution is -2.28. The van der Waals surface area contributed by atoms with Crippen LogP contribution in [0, 0.1) is 0 Å². The second-order valence-electron chi connectivity index (χ2n) is 3.30. The molecule has 1 fully saturated rings. The molecule has 1 N–H and O–H groups in total. The monoisotopic (exact) mass is 142 g/mol. The van der Waals surface area contributed by atoms with Gasteiger partial charge in [-0.25, -0.2) is 0 Å². The van der Waals surface area contributed by atoms with Gasteiger partial charge < -0.3 is 10.2 Å². The smallest absolute Gasteiger partial charge is 0.0102 e. The van der Waals surface area contributed by atoms with Gasteiger partial charge in [-0.3, -0.25) is 0 Å². The maximum atomic E-state index is 3.41. The third kappa shape index (κ3) is 2.27. The standard InChI is InChI=1S/C8H18N2/c1-10(2)8-4-3-6-9-7-5-8/h8-9H,3-7H2,1-2H3/t8-/m0/s1. The average Bonchev–Trinajstić information content (AvgIpc) is 2.12. The molecule has 0 saturated carbocycles. The summed E-state index contributed by atoms with van der Waals surface area (Å²) in [6, 6.07) is 0.815. The van der Waals surface area contributed by atoms with Crippen LogP contribution in [0.3, 0.4) is 0 Å². The molecule has 1 atom stereocenters. The molecule has 1 aliphatic rings. The van der Waals surface area contributed by atoms with Crippen molar-refractivity contribution < 1.29 is 0 Å². The number of nitrogens with one attached hydrogen (secondary N) is 1. The van der Waals surface area contributed by atoms with Crippen molar-refractivity contribution in [2.75, 3.05) is 27.2 Å². The van der Waals surface area contributed by atoms with Gasteiger partial charge in [-0.15, -0.1) is 0 Å². The van der Waals surface area contributed by atoms with Crippen LogP contribution >= 0.6 is 0 Å². The van der Waals surface area contributed by atoms with Gasteiger partial charge in [0.15, 0.2) is 0 Å². The zero-order valence-electron chi connectivity index (χ0n) is 7.06. The average molecular weight is 142 g/mol. The van der Waals surface area contributed by atoms with Gasteiger partial charge in [0.05, 0.1) is 0 Å². The summed E-state index contributed by atoms with van der Waals surface area (Å²) < 4.78 is 0. The van der Waals surface area contributed by atoms with Gasteiger partial charge in [0.25, 0.3) is 0 Å². The predicted molar refractivity (Wildman–Crippen MR) is 44.2 cm³/mol. The van der Waals surface area contributed by atoms with Crippen LogP contribution in [0.5, 0.6) is 0 Å². The van der Waals surface area contributed by atoms with Crippen LogP contribution in [0.15, 0.2) is 0 Å². The van der Waals surface area contributed by atoms with Gasteiger partial charge in [0, 0.05) is 6.04 Å². The van der Waals surface area contributed by atoms with Crippen LogP contribution < -0.4 is 5.32 Å².